The van der Waals surface area contributed by atoms with Crippen LogP contribution >= 0.6 is 23.1 Å². The molecule has 6 rings (SSSR count). The van der Waals surface area contributed by atoms with Crippen LogP contribution in [0.15, 0.2) is 92.2 Å². The average molecular weight is 622 g/mol. The van der Waals surface area contributed by atoms with Crippen LogP contribution < -0.4 is 15.4 Å². The topological polar surface area (TPSA) is 166 Å². The van der Waals surface area contributed by atoms with Gasteiger partial charge in [0.05, 0.1) is 46.3 Å². The molecule has 1 amide bonds. The molecule has 4 heterocycles. The van der Waals surface area contributed by atoms with Crippen molar-refractivity contribution in [2.24, 2.45) is 10.2 Å². The second kappa shape index (κ2) is 11.2. The maximum Gasteiger partial charge on any atom is 0.262 e. The Morgan fingerprint density at radius 1 is 1.17 bits per heavy atom. The summed E-state index contributed by atoms with van der Waals surface area (Å²) in [5.41, 5.74) is 2.08. The first-order valence-electron chi connectivity index (χ1n) is 12.5. The number of rotatable bonds is 8. The largest absolute Gasteiger partial charge is 0.497 e. The highest BCUT2D eigenvalue weighted by Gasteiger charge is 2.33. The quantitative estimate of drug-likeness (QED) is 0.197. The van der Waals surface area contributed by atoms with E-state index in [2.05, 4.69) is 20.2 Å². The van der Waals surface area contributed by atoms with Gasteiger partial charge in [0, 0.05) is 6.42 Å². The maximum absolute atomic E-state index is 13.5. The third-order valence-electron chi connectivity index (χ3n) is 6.63. The van der Waals surface area contributed by atoms with Gasteiger partial charge in [-0.2, -0.15) is 10.2 Å². The van der Waals surface area contributed by atoms with Crippen LogP contribution in [-0.2, 0) is 14.8 Å². The molecule has 0 saturated carbocycles. The number of nitrogens with zero attached hydrogens (tertiary/aromatic N) is 5. The van der Waals surface area contributed by atoms with E-state index in [9.17, 15) is 18.0 Å². The van der Waals surface area contributed by atoms with Gasteiger partial charge in [-0.05, 0) is 53.4 Å². The summed E-state index contributed by atoms with van der Waals surface area (Å²) in [6, 6.07) is 16.9. The fourth-order valence-electron chi connectivity index (χ4n) is 4.55. The number of carbonyl (C=O) groups excluding carboxylic acids is 1. The van der Waals surface area contributed by atoms with E-state index in [-0.39, 0.29) is 38.8 Å². The first-order valence-corrected chi connectivity index (χ1v) is 15.9. The van der Waals surface area contributed by atoms with Gasteiger partial charge in [-0.3, -0.25) is 9.59 Å². The number of nitrogens with one attached hydrogen (secondary N) is 1. The molecule has 3 aromatic heterocycles. The number of sulfonamides is 1. The van der Waals surface area contributed by atoms with E-state index in [0.29, 0.717) is 12.1 Å². The van der Waals surface area contributed by atoms with Crippen LogP contribution in [-0.4, -0.2) is 57.7 Å². The molecule has 0 radical (unpaired) electrons. The molecule has 15 heteroatoms. The Labute approximate surface area is 247 Å². The lowest BCUT2D eigenvalue weighted by Gasteiger charge is -2.22. The van der Waals surface area contributed by atoms with Gasteiger partial charge in [-0.1, -0.05) is 30.0 Å². The molecule has 214 valence electrons. The fourth-order valence-corrected chi connectivity index (χ4v) is 6.49. The normalized spacial score (nSPS) is 15.2. The van der Waals surface area contributed by atoms with Gasteiger partial charge in [-0.15, -0.1) is 11.3 Å². The summed E-state index contributed by atoms with van der Waals surface area (Å²) in [4.78, 5) is 34.5. The van der Waals surface area contributed by atoms with Gasteiger partial charge in [0.2, 0.25) is 10.0 Å². The zero-order valence-electron chi connectivity index (χ0n) is 22.0. The monoisotopic (exact) mass is 621 g/mol. The number of hydrazone groups is 1. The average Bonchev–Trinajstić information content (AvgIpc) is 3.76. The number of aromatic amines is 1. The number of methoxy groups -OCH3 is 1. The number of ether oxygens (including phenoxy) is 1. The Kier molecular flexibility index (Phi) is 7.40. The van der Waals surface area contributed by atoms with Gasteiger partial charge in [0.15, 0.2) is 10.8 Å². The molecule has 1 atom stereocenters. The number of carbonyl (C=O) groups is 1. The lowest BCUT2D eigenvalue weighted by Crippen LogP contribution is -2.28. The third kappa shape index (κ3) is 5.46. The first kappa shape index (κ1) is 27.8. The standard InChI is InChI=1S/C27H23N7O5S3/c1-39-18-8-4-16(5-9-18)22-13-21(23-3-2-12-40-23)32-34(22)24(35)15-41-27-30-25-20(26(36)31-27)14-29-33(25)17-6-10-19(11-7-17)42(28,37)38/h2-12,14,22H,13,15H2,1H3,(H2,28,37,38)(H,30,31,36)/t22-/m1/s1. The van der Waals surface area contributed by atoms with Gasteiger partial charge in [0.1, 0.15) is 11.1 Å². The van der Waals surface area contributed by atoms with Crippen LogP contribution in [0.2, 0.25) is 0 Å². The predicted octanol–water partition coefficient (Wildman–Crippen LogP) is 3.30. The summed E-state index contributed by atoms with van der Waals surface area (Å²) in [7, 11) is -2.26. The minimum absolute atomic E-state index is 0.0283. The second-order valence-corrected chi connectivity index (χ2v) is 12.7. The van der Waals surface area contributed by atoms with Crippen molar-refractivity contribution in [3.8, 4) is 11.4 Å². The number of benzene rings is 2. The zero-order chi connectivity index (χ0) is 29.4. The van der Waals surface area contributed by atoms with E-state index in [1.165, 1.54) is 40.2 Å². The molecule has 0 bridgehead atoms. The number of hydrogen-bond donors (Lipinski definition) is 2. The number of aromatic nitrogens is 4. The van der Waals surface area contributed by atoms with Crippen molar-refractivity contribution in [1.29, 1.82) is 0 Å². The van der Waals surface area contributed by atoms with Crippen molar-refractivity contribution >= 4 is 55.8 Å². The summed E-state index contributed by atoms with van der Waals surface area (Å²) in [6.45, 7) is 0. The van der Waals surface area contributed by atoms with Gasteiger partial charge >= 0.3 is 0 Å². The van der Waals surface area contributed by atoms with Crippen LogP contribution in [0.5, 0.6) is 5.75 Å². The number of amides is 1. The van der Waals surface area contributed by atoms with Gasteiger partial charge in [0.25, 0.3) is 11.5 Å². The molecule has 12 nitrogen and oxygen atoms in total. The Balaban J connectivity index is 1.26. The Bertz CT molecular complexity index is 1970. The van der Waals surface area contributed by atoms with Crippen LogP contribution in [0.1, 0.15) is 22.9 Å². The van der Waals surface area contributed by atoms with E-state index < -0.39 is 15.6 Å². The van der Waals surface area contributed by atoms with E-state index in [4.69, 9.17) is 9.88 Å². The number of primary sulfonamides is 1. The molecule has 2 aromatic carbocycles. The van der Waals surface area contributed by atoms with E-state index in [1.807, 2.05) is 41.8 Å². The number of nitrogens with two attached hydrogens (primary N) is 1. The molecule has 1 aliphatic rings. The lowest BCUT2D eigenvalue weighted by molar-refractivity contribution is -0.130. The molecule has 3 N–H and O–H groups in total. The van der Waals surface area contributed by atoms with Gasteiger partial charge < -0.3 is 9.72 Å². The van der Waals surface area contributed by atoms with E-state index in [0.717, 1.165) is 33.7 Å². The summed E-state index contributed by atoms with van der Waals surface area (Å²) in [5.74, 6) is 0.441. The Hall–Kier alpha value is -4.31. The first-order chi connectivity index (χ1) is 20.2. The summed E-state index contributed by atoms with van der Waals surface area (Å²) < 4.78 is 29.9. The summed E-state index contributed by atoms with van der Waals surface area (Å²) in [5, 5.41) is 18.1. The SMILES string of the molecule is COc1ccc([C@H]2CC(c3cccs3)=NN2C(=O)CSc2nc3c(cnn3-c3ccc(S(N)(=O)=O)cc3)c(=O)[nH]2)cc1. The number of thiophene rings is 1. The highest BCUT2D eigenvalue weighted by Crippen LogP contribution is 2.35. The van der Waals surface area contributed by atoms with Crippen LogP contribution in [0.25, 0.3) is 16.7 Å². The summed E-state index contributed by atoms with van der Waals surface area (Å²) >= 11 is 2.64. The molecular formula is C27H23N7O5S3. The molecule has 0 spiro atoms. The molecule has 0 saturated heterocycles. The van der Waals surface area contributed by atoms with Crippen LogP contribution in [0.4, 0.5) is 0 Å². The van der Waals surface area contributed by atoms with Gasteiger partial charge in [-0.25, -0.2) is 28.2 Å². The second-order valence-electron chi connectivity index (χ2n) is 9.25. The minimum atomic E-state index is -3.86. The number of H-pyrrole nitrogens is 1. The molecule has 1 aliphatic heterocycles. The van der Waals surface area contributed by atoms with E-state index in [1.54, 1.807) is 18.4 Å². The van der Waals surface area contributed by atoms with Crippen molar-refractivity contribution in [1.82, 2.24) is 24.8 Å². The van der Waals surface area contributed by atoms with Crippen LogP contribution in [0, 0.1) is 0 Å². The molecule has 5 aromatic rings. The van der Waals surface area contributed by atoms with E-state index >= 15 is 0 Å². The Morgan fingerprint density at radius 2 is 1.93 bits per heavy atom. The minimum Gasteiger partial charge on any atom is -0.497 e. The number of fused-ring (bicyclic) bond motifs is 1. The van der Waals surface area contributed by atoms with Crippen molar-refractivity contribution in [3.05, 3.63) is 93.0 Å². The van der Waals surface area contributed by atoms with Crippen molar-refractivity contribution < 1.29 is 17.9 Å². The highest BCUT2D eigenvalue weighted by atomic mass is 32.2. The summed E-state index contributed by atoms with van der Waals surface area (Å²) in [6.07, 6.45) is 1.94. The van der Waals surface area contributed by atoms with Crippen molar-refractivity contribution in [2.75, 3.05) is 12.9 Å². The molecule has 0 unspecified atom stereocenters. The highest BCUT2D eigenvalue weighted by molar-refractivity contribution is 7.99. The Morgan fingerprint density at radius 3 is 2.60 bits per heavy atom. The fraction of sp³-hybridized carbons (Fsp3) is 0.148. The molecule has 0 aliphatic carbocycles. The van der Waals surface area contributed by atoms with Crippen molar-refractivity contribution in [2.45, 2.75) is 22.5 Å². The maximum atomic E-state index is 13.5. The predicted molar refractivity (Wildman–Crippen MR) is 160 cm³/mol. The number of thioether (sulfide) groups is 1. The lowest BCUT2D eigenvalue weighted by atomic mass is 10.0. The molecule has 42 heavy (non-hydrogen) atoms. The zero-order valence-corrected chi connectivity index (χ0v) is 24.4. The smallest absolute Gasteiger partial charge is 0.262 e. The van der Waals surface area contributed by atoms with Crippen LogP contribution in [0.3, 0.4) is 0 Å². The molecular weight excluding hydrogens is 599 g/mol. The molecule has 0 fully saturated rings. The number of hydrogen-bond acceptors (Lipinski definition) is 10. The third-order valence-corrected chi connectivity index (χ3v) is 9.34. The van der Waals surface area contributed by atoms with Crippen molar-refractivity contribution in [3.63, 3.8) is 0 Å².